The van der Waals surface area contributed by atoms with Crippen molar-refractivity contribution in [1.82, 2.24) is 20.0 Å². The number of amides is 1. The minimum absolute atomic E-state index is 0.106. The van der Waals surface area contributed by atoms with Crippen LogP contribution in [0, 0.1) is 0 Å². The third-order valence-electron chi connectivity index (χ3n) is 4.36. The summed E-state index contributed by atoms with van der Waals surface area (Å²) < 4.78 is 10.6. The van der Waals surface area contributed by atoms with Gasteiger partial charge in [0.1, 0.15) is 5.76 Å². The van der Waals surface area contributed by atoms with E-state index >= 15 is 0 Å². The summed E-state index contributed by atoms with van der Waals surface area (Å²) in [5, 5.41) is 4.09. The average Bonchev–Trinajstić information content (AvgIpc) is 3.02. The number of carbonyl (C=O) groups excluding carboxylic acids is 1. The fourth-order valence-electron chi connectivity index (χ4n) is 2.99. The van der Waals surface area contributed by atoms with E-state index in [1.807, 2.05) is 6.92 Å². The van der Waals surface area contributed by atoms with E-state index in [1.54, 1.807) is 4.90 Å². The van der Waals surface area contributed by atoms with Crippen LogP contribution >= 0.6 is 0 Å². The second-order valence-electron chi connectivity index (χ2n) is 5.90. The van der Waals surface area contributed by atoms with Crippen LogP contribution < -0.4 is 0 Å². The molecule has 22 heavy (non-hydrogen) atoms. The summed E-state index contributed by atoms with van der Waals surface area (Å²) in [6, 6.07) is -0.120. The maximum Gasteiger partial charge on any atom is 0.276 e. The van der Waals surface area contributed by atoms with Crippen molar-refractivity contribution in [2.45, 2.75) is 51.0 Å². The molecule has 4 rings (SSSR count). The van der Waals surface area contributed by atoms with Crippen molar-refractivity contribution in [3.05, 3.63) is 29.6 Å². The molecule has 1 saturated carbocycles. The zero-order valence-electron chi connectivity index (χ0n) is 12.5. The molecule has 1 aliphatic heterocycles. The Morgan fingerprint density at radius 3 is 3.05 bits per heavy atom. The summed E-state index contributed by atoms with van der Waals surface area (Å²) in [6.07, 6.45) is 6.00. The Labute approximate surface area is 127 Å². The molecule has 1 amide bonds. The van der Waals surface area contributed by atoms with Gasteiger partial charge in [-0.1, -0.05) is 12.1 Å². The first-order valence-electron chi connectivity index (χ1n) is 7.84. The predicted molar refractivity (Wildman–Crippen MR) is 75.2 cm³/mol. The van der Waals surface area contributed by atoms with Gasteiger partial charge in [0.15, 0.2) is 17.9 Å². The smallest absolute Gasteiger partial charge is 0.276 e. The van der Waals surface area contributed by atoms with Crippen molar-refractivity contribution >= 4 is 5.91 Å². The molecule has 3 heterocycles. The van der Waals surface area contributed by atoms with Gasteiger partial charge in [0.05, 0.1) is 6.04 Å². The summed E-state index contributed by atoms with van der Waals surface area (Å²) in [4.78, 5) is 23.1. The molecule has 2 aromatic rings. The van der Waals surface area contributed by atoms with Crippen LogP contribution in [0.15, 0.2) is 15.3 Å². The SMILES string of the molecule is CCc1ocnc1C(=O)N1CCC[C@H]1c1noc(C2CC2)n1. The van der Waals surface area contributed by atoms with Crippen LogP contribution in [-0.4, -0.2) is 32.5 Å². The van der Waals surface area contributed by atoms with Crippen molar-refractivity contribution in [1.29, 1.82) is 0 Å². The van der Waals surface area contributed by atoms with Crippen LogP contribution in [0.25, 0.3) is 0 Å². The molecule has 0 N–H and O–H groups in total. The van der Waals surface area contributed by atoms with E-state index in [0.29, 0.717) is 42.1 Å². The molecule has 1 atom stereocenters. The molecular weight excluding hydrogens is 284 g/mol. The number of oxazole rings is 1. The van der Waals surface area contributed by atoms with Gasteiger partial charge in [0, 0.05) is 18.9 Å². The van der Waals surface area contributed by atoms with Gasteiger partial charge >= 0.3 is 0 Å². The van der Waals surface area contributed by atoms with Gasteiger partial charge < -0.3 is 13.8 Å². The lowest BCUT2D eigenvalue weighted by atomic mass is 10.2. The summed E-state index contributed by atoms with van der Waals surface area (Å²) in [7, 11) is 0. The minimum Gasteiger partial charge on any atom is -0.448 e. The van der Waals surface area contributed by atoms with Gasteiger partial charge in [-0.05, 0) is 25.7 Å². The number of aryl methyl sites for hydroxylation is 1. The first-order valence-corrected chi connectivity index (χ1v) is 7.84. The van der Waals surface area contributed by atoms with Gasteiger partial charge in [-0.3, -0.25) is 4.79 Å². The molecule has 1 aliphatic carbocycles. The zero-order valence-corrected chi connectivity index (χ0v) is 12.5. The number of hydrogen-bond donors (Lipinski definition) is 0. The molecule has 116 valence electrons. The van der Waals surface area contributed by atoms with Crippen molar-refractivity contribution < 1.29 is 13.7 Å². The third kappa shape index (κ3) is 2.20. The normalized spacial score (nSPS) is 21.5. The van der Waals surface area contributed by atoms with Crippen LogP contribution in [0.4, 0.5) is 0 Å². The third-order valence-corrected chi connectivity index (χ3v) is 4.36. The molecular formula is C15H18N4O3. The lowest BCUT2D eigenvalue weighted by Gasteiger charge is -2.21. The molecule has 2 aromatic heterocycles. The maximum atomic E-state index is 12.7. The Morgan fingerprint density at radius 2 is 2.27 bits per heavy atom. The summed E-state index contributed by atoms with van der Waals surface area (Å²) in [5.74, 6) is 2.28. The average molecular weight is 302 g/mol. The Morgan fingerprint density at radius 1 is 1.41 bits per heavy atom. The van der Waals surface area contributed by atoms with Crippen molar-refractivity contribution in [2.75, 3.05) is 6.54 Å². The van der Waals surface area contributed by atoms with Crippen LogP contribution in [0.1, 0.15) is 72.5 Å². The van der Waals surface area contributed by atoms with Gasteiger partial charge in [-0.15, -0.1) is 0 Å². The lowest BCUT2D eigenvalue weighted by Crippen LogP contribution is -2.32. The molecule has 0 bridgehead atoms. The van der Waals surface area contributed by atoms with E-state index in [9.17, 15) is 4.79 Å². The molecule has 0 radical (unpaired) electrons. The second-order valence-corrected chi connectivity index (χ2v) is 5.90. The highest BCUT2D eigenvalue weighted by Gasteiger charge is 2.37. The van der Waals surface area contributed by atoms with E-state index in [2.05, 4.69) is 15.1 Å². The molecule has 0 aromatic carbocycles. The fourth-order valence-corrected chi connectivity index (χ4v) is 2.99. The molecule has 0 unspecified atom stereocenters. The molecule has 2 aliphatic rings. The number of hydrogen-bond acceptors (Lipinski definition) is 6. The highest BCUT2D eigenvalue weighted by Crippen LogP contribution is 2.40. The topological polar surface area (TPSA) is 85.3 Å². The monoisotopic (exact) mass is 302 g/mol. The van der Waals surface area contributed by atoms with E-state index < -0.39 is 0 Å². The zero-order chi connectivity index (χ0) is 15.1. The molecule has 1 saturated heterocycles. The maximum absolute atomic E-state index is 12.7. The van der Waals surface area contributed by atoms with E-state index in [4.69, 9.17) is 8.94 Å². The highest BCUT2D eigenvalue weighted by atomic mass is 16.5. The van der Waals surface area contributed by atoms with Crippen LogP contribution in [0.3, 0.4) is 0 Å². The largest absolute Gasteiger partial charge is 0.448 e. The van der Waals surface area contributed by atoms with Gasteiger partial charge in [-0.2, -0.15) is 4.98 Å². The van der Waals surface area contributed by atoms with E-state index in [0.717, 1.165) is 25.7 Å². The van der Waals surface area contributed by atoms with Gasteiger partial charge in [0.2, 0.25) is 5.89 Å². The Kier molecular flexibility index (Phi) is 3.20. The second kappa shape index (κ2) is 5.23. The van der Waals surface area contributed by atoms with Crippen LogP contribution in [0.5, 0.6) is 0 Å². The molecule has 2 fully saturated rings. The quantitative estimate of drug-likeness (QED) is 0.862. The van der Waals surface area contributed by atoms with E-state index in [1.165, 1.54) is 6.39 Å². The molecule has 0 spiro atoms. The number of rotatable bonds is 4. The number of nitrogens with zero attached hydrogens (tertiary/aromatic N) is 4. The predicted octanol–water partition coefficient (Wildman–Crippen LogP) is 2.47. The summed E-state index contributed by atoms with van der Waals surface area (Å²) in [5.41, 5.74) is 0.403. The first kappa shape index (κ1) is 13.5. The van der Waals surface area contributed by atoms with Crippen molar-refractivity contribution in [3.63, 3.8) is 0 Å². The van der Waals surface area contributed by atoms with Gasteiger partial charge in [0.25, 0.3) is 5.91 Å². The lowest BCUT2D eigenvalue weighted by molar-refractivity contribution is 0.0720. The highest BCUT2D eigenvalue weighted by molar-refractivity contribution is 5.93. The number of aromatic nitrogens is 3. The van der Waals surface area contributed by atoms with Crippen molar-refractivity contribution in [2.24, 2.45) is 0 Å². The van der Waals surface area contributed by atoms with Crippen LogP contribution in [-0.2, 0) is 6.42 Å². The number of carbonyl (C=O) groups is 1. The Balaban J connectivity index is 1.58. The Hall–Kier alpha value is -2.18. The summed E-state index contributed by atoms with van der Waals surface area (Å²) in [6.45, 7) is 2.63. The standard InChI is InChI=1S/C15H18N4O3/c1-2-11-12(16-8-21-11)15(20)19-7-3-4-10(19)13-17-14(22-18-13)9-5-6-9/h8-10H,2-7H2,1H3/t10-/m0/s1. The van der Waals surface area contributed by atoms with Crippen LogP contribution in [0.2, 0.25) is 0 Å². The molecule has 7 nitrogen and oxygen atoms in total. The summed E-state index contributed by atoms with van der Waals surface area (Å²) >= 11 is 0. The Bertz CT molecular complexity index is 689. The van der Waals surface area contributed by atoms with E-state index in [-0.39, 0.29) is 11.9 Å². The molecule has 7 heteroatoms. The first-order chi connectivity index (χ1) is 10.8. The minimum atomic E-state index is -0.120. The number of likely N-dealkylation sites (tertiary alicyclic amines) is 1. The van der Waals surface area contributed by atoms with Gasteiger partial charge in [-0.25, -0.2) is 4.98 Å². The van der Waals surface area contributed by atoms with Crippen molar-refractivity contribution in [3.8, 4) is 0 Å². The fraction of sp³-hybridized carbons (Fsp3) is 0.600.